The summed E-state index contributed by atoms with van der Waals surface area (Å²) < 4.78 is 1.21. The van der Waals surface area contributed by atoms with Gasteiger partial charge < -0.3 is 10.6 Å². The van der Waals surface area contributed by atoms with E-state index in [-0.39, 0.29) is 17.0 Å². The van der Waals surface area contributed by atoms with Crippen molar-refractivity contribution in [2.24, 2.45) is 7.05 Å². The lowest BCUT2D eigenvalue weighted by molar-refractivity contribution is 0.0947. The highest BCUT2D eigenvalue weighted by Crippen LogP contribution is 2.25. The van der Waals surface area contributed by atoms with Crippen LogP contribution in [0.2, 0.25) is 0 Å². The molecule has 1 aliphatic rings. The Kier molecular flexibility index (Phi) is 4.38. The maximum Gasteiger partial charge on any atom is 0.279 e. The van der Waals surface area contributed by atoms with Gasteiger partial charge in [-0.3, -0.25) is 9.59 Å². The van der Waals surface area contributed by atoms with Crippen LogP contribution in [-0.2, 0) is 20.0 Å². The number of fused-ring (bicyclic) bond motifs is 1. The average Bonchev–Trinajstić information content (AvgIpc) is 2.58. The molecule has 24 heavy (non-hydrogen) atoms. The van der Waals surface area contributed by atoms with Crippen LogP contribution >= 0.6 is 0 Å². The maximum atomic E-state index is 12.6. The fraction of sp³-hybridized carbons (Fsp3) is 0.389. The number of nitrogens with one attached hydrogen (secondary N) is 2. The highest BCUT2D eigenvalue weighted by Gasteiger charge is 2.19. The van der Waals surface area contributed by atoms with Crippen LogP contribution in [0.1, 0.15) is 39.2 Å². The molecule has 0 saturated heterocycles. The van der Waals surface area contributed by atoms with Crippen molar-refractivity contribution in [3.63, 3.8) is 0 Å². The Bertz CT molecular complexity index is 855. The van der Waals surface area contributed by atoms with Crippen LogP contribution in [0.15, 0.2) is 23.0 Å². The van der Waals surface area contributed by atoms with Crippen LogP contribution in [-0.4, -0.2) is 22.2 Å². The van der Waals surface area contributed by atoms with Gasteiger partial charge in [0.2, 0.25) is 0 Å². The lowest BCUT2D eigenvalue weighted by Gasteiger charge is -2.21. The molecule has 1 aromatic heterocycles. The van der Waals surface area contributed by atoms with Crippen LogP contribution < -0.4 is 16.2 Å². The van der Waals surface area contributed by atoms with E-state index in [4.69, 9.17) is 0 Å². The summed E-state index contributed by atoms with van der Waals surface area (Å²) in [5.74, 6) is -0.347. The van der Waals surface area contributed by atoms with Crippen LogP contribution in [0.5, 0.6) is 0 Å². The molecule has 126 valence electrons. The first-order valence-corrected chi connectivity index (χ1v) is 8.16. The predicted octanol–water partition coefficient (Wildman–Crippen LogP) is 1.69. The van der Waals surface area contributed by atoms with E-state index in [1.165, 1.54) is 10.2 Å². The summed E-state index contributed by atoms with van der Waals surface area (Å²) in [6, 6.07) is 6.07. The second-order valence-corrected chi connectivity index (χ2v) is 6.17. The monoisotopic (exact) mass is 326 g/mol. The number of carbonyl (C=O) groups excluding carboxylic acids is 1. The van der Waals surface area contributed by atoms with Crippen molar-refractivity contribution in [1.82, 2.24) is 15.1 Å². The largest absolute Gasteiger partial charge is 0.385 e. The van der Waals surface area contributed by atoms with Gasteiger partial charge in [0.15, 0.2) is 0 Å². The molecule has 1 aromatic carbocycles. The zero-order chi connectivity index (χ0) is 17.3. The van der Waals surface area contributed by atoms with Crippen molar-refractivity contribution >= 4 is 11.6 Å². The third kappa shape index (κ3) is 2.91. The average molecular weight is 326 g/mol. The zero-order valence-electron chi connectivity index (χ0n) is 14.3. The minimum absolute atomic E-state index is 0.174. The summed E-state index contributed by atoms with van der Waals surface area (Å²) in [6.45, 7) is 4.94. The minimum atomic E-state index is -0.368. The second kappa shape index (κ2) is 6.47. The first-order chi connectivity index (χ1) is 11.5. The number of carbonyl (C=O) groups is 1. The summed E-state index contributed by atoms with van der Waals surface area (Å²) in [6.07, 6.45) is 2.09. The van der Waals surface area contributed by atoms with Crippen LogP contribution in [0.25, 0.3) is 0 Å². The fourth-order valence-electron chi connectivity index (χ4n) is 3.13. The minimum Gasteiger partial charge on any atom is -0.385 e. The van der Waals surface area contributed by atoms with Crippen LogP contribution in [0.4, 0.5) is 5.69 Å². The highest BCUT2D eigenvalue weighted by atomic mass is 16.2. The Morgan fingerprint density at radius 3 is 2.96 bits per heavy atom. The highest BCUT2D eigenvalue weighted by molar-refractivity contribution is 5.95. The molecule has 2 N–H and O–H groups in total. The Morgan fingerprint density at radius 2 is 2.17 bits per heavy atom. The van der Waals surface area contributed by atoms with Gasteiger partial charge in [0.1, 0.15) is 5.56 Å². The lowest BCUT2D eigenvalue weighted by Crippen LogP contribution is -2.35. The molecule has 0 spiro atoms. The SMILES string of the molecule is Cc1nn(C)c(=O)c(C(=O)NCc2cccc3c2CCCN3)c1C. The summed E-state index contributed by atoms with van der Waals surface area (Å²) in [4.78, 5) is 24.8. The quantitative estimate of drug-likeness (QED) is 0.900. The Labute approximate surface area is 140 Å². The molecule has 0 fully saturated rings. The number of hydrogen-bond donors (Lipinski definition) is 2. The summed E-state index contributed by atoms with van der Waals surface area (Å²) >= 11 is 0. The lowest BCUT2D eigenvalue weighted by atomic mass is 9.97. The van der Waals surface area contributed by atoms with Crippen molar-refractivity contribution in [2.75, 3.05) is 11.9 Å². The van der Waals surface area contributed by atoms with Gasteiger partial charge in [-0.05, 0) is 49.4 Å². The molecule has 6 nitrogen and oxygen atoms in total. The summed E-state index contributed by atoms with van der Waals surface area (Å²) in [7, 11) is 1.56. The van der Waals surface area contributed by atoms with Gasteiger partial charge in [0.25, 0.3) is 11.5 Å². The molecule has 0 radical (unpaired) electrons. The molecular weight excluding hydrogens is 304 g/mol. The molecule has 0 aliphatic carbocycles. The number of aryl methyl sites for hydroxylation is 2. The number of benzene rings is 1. The van der Waals surface area contributed by atoms with Crippen LogP contribution in [0, 0.1) is 13.8 Å². The van der Waals surface area contributed by atoms with Gasteiger partial charge in [0, 0.05) is 25.8 Å². The standard InChI is InChI=1S/C18H22N4O2/c1-11-12(2)21-22(3)18(24)16(11)17(23)20-10-13-6-4-8-15-14(13)7-5-9-19-15/h4,6,8,19H,5,7,9-10H2,1-3H3,(H,20,23). The zero-order valence-corrected chi connectivity index (χ0v) is 14.3. The van der Waals surface area contributed by atoms with E-state index >= 15 is 0 Å². The molecule has 0 atom stereocenters. The van der Waals surface area contributed by atoms with Gasteiger partial charge in [0.05, 0.1) is 5.69 Å². The van der Waals surface area contributed by atoms with Gasteiger partial charge >= 0.3 is 0 Å². The maximum absolute atomic E-state index is 12.6. The predicted molar refractivity (Wildman–Crippen MR) is 93.4 cm³/mol. The van der Waals surface area contributed by atoms with E-state index in [0.717, 1.165) is 30.6 Å². The molecule has 0 unspecified atom stereocenters. The van der Waals surface area contributed by atoms with E-state index in [9.17, 15) is 9.59 Å². The van der Waals surface area contributed by atoms with Gasteiger partial charge in [-0.25, -0.2) is 4.68 Å². The van der Waals surface area contributed by atoms with Crippen molar-refractivity contribution < 1.29 is 4.79 Å². The fourth-order valence-corrected chi connectivity index (χ4v) is 3.13. The third-order valence-electron chi connectivity index (χ3n) is 4.58. The number of aromatic nitrogens is 2. The van der Waals surface area contributed by atoms with E-state index < -0.39 is 0 Å². The second-order valence-electron chi connectivity index (χ2n) is 6.17. The Morgan fingerprint density at radius 1 is 1.38 bits per heavy atom. The molecular formula is C18H22N4O2. The third-order valence-corrected chi connectivity index (χ3v) is 4.58. The number of hydrogen-bond acceptors (Lipinski definition) is 4. The van der Waals surface area contributed by atoms with E-state index in [0.29, 0.717) is 17.8 Å². The molecule has 0 saturated carbocycles. The van der Waals surface area contributed by atoms with Gasteiger partial charge in [-0.15, -0.1) is 0 Å². The van der Waals surface area contributed by atoms with Crippen molar-refractivity contribution in [2.45, 2.75) is 33.2 Å². The molecule has 1 aliphatic heterocycles. The molecule has 0 bridgehead atoms. The summed E-state index contributed by atoms with van der Waals surface area (Å²) in [5, 5.41) is 10.4. The number of rotatable bonds is 3. The van der Waals surface area contributed by atoms with Gasteiger partial charge in [-0.1, -0.05) is 12.1 Å². The van der Waals surface area contributed by atoms with E-state index in [1.54, 1.807) is 20.9 Å². The number of anilines is 1. The number of nitrogens with zero attached hydrogens (tertiary/aromatic N) is 2. The molecule has 2 aromatic rings. The topological polar surface area (TPSA) is 76.0 Å². The Hall–Kier alpha value is -2.63. The van der Waals surface area contributed by atoms with E-state index in [2.05, 4.69) is 21.8 Å². The number of amides is 1. The molecule has 2 heterocycles. The van der Waals surface area contributed by atoms with Crippen LogP contribution in [0.3, 0.4) is 0 Å². The van der Waals surface area contributed by atoms with Crippen molar-refractivity contribution in [3.05, 3.63) is 56.5 Å². The summed E-state index contributed by atoms with van der Waals surface area (Å²) in [5.41, 5.74) is 4.60. The first-order valence-electron chi connectivity index (χ1n) is 8.16. The van der Waals surface area contributed by atoms with Gasteiger partial charge in [-0.2, -0.15) is 5.10 Å². The smallest absolute Gasteiger partial charge is 0.279 e. The van der Waals surface area contributed by atoms with E-state index in [1.807, 2.05) is 12.1 Å². The first kappa shape index (κ1) is 16.2. The van der Waals surface area contributed by atoms with Crippen molar-refractivity contribution in [1.29, 1.82) is 0 Å². The normalized spacial score (nSPS) is 13.1. The molecule has 6 heteroatoms. The molecule has 1 amide bonds. The Balaban J connectivity index is 1.84. The molecule has 3 rings (SSSR count). The van der Waals surface area contributed by atoms with Crippen molar-refractivity contribution in [3.8, 4) is 0 Å².